The van der Waals surface area contributed by atoms with Crippen LogP contribution in [0, 0.1) is 11.6 Å². The number of pyridine rings is 1. The normalized spacial score (nSPS) is 10.4. The van der Waals surface area contributed by atoms with Crippen molar-refractivity contribution in [3.63, 3.8) is 0 Å². The molecule has 0 aliphatic rings. The molecule has 0 aliphatic carbocycles. The number of nitrogens with two attached hydrogens (primary N) is 1. The lowest BCUT2D eigenvalue weighted by Gasteiger charge is -2.09. The molecule has 104 valence electrons. The fraction of sp³-hybridized carbons (Fsp3) is 0. The van der Waals surface area contributed by atoms with Crippen LogP contribution in [0.1, 0.15) is 10.4 Å². The van der Waals surface area contributed by atoms with Crippen molar-refractivity contribution in [2.45, 2.75) is 0 Å². The Labute approximate surface area is 122 Å². The van der Waals surface area contributed by atoms with Gasteiger partial charge in [0, 0.05) is 12.3 Å². The number of hydrogen-bond donors (Lipinski definition) is 2. The minimum absolute atomic E-state index is 0.000965. The average Bonchev–Trinajstić information content (AvgIpc) is 2.36. The van der Waals surface area contributed by atoms with Gasteiger partial charge in [0.2, 0.25) is 0 Å². The first-order chi connectivity index (χ1) is 9.38. The van der Waals surface area contributed by atoms with E-state index in [1.165, 1.54) is 12.3 Å². The summed E-state index contributed by atoms with van der Waals surface area (Å²) in [6.45, 7) is 0. The van der Waals surface area contributed by atoms with Crippen molar-refractivity contribution in [2.75, 3.05) is 11.1 Å². The van der Waals surface area contributed by atoms with Crippen molar-refractivity contribution in [3.05, 3.63) is 51.6 Å². The quantitative estimate of drug-likeness (QED) is 0.890. The third kappa shape index (κ3) is 2.97. The number of rotatable bonds is 2. The minimum Gasteiger partial charge on any atom is -0.384 e. The summed E-state index contributed by atoms with van der Waals surface area (Å²) in [5.74, 6) is -2.51. The van der Waals surface area contributed by atoms with E-state index >= 15 is 0 Å². The minimum atomic E-state index is -0.999. The Bertz CT molecular complexity index is 671. The fourth-order valence-corrected chi connectivity index (χ4v) is 1.90. The molecule has 0 radical (unpaired) electrons. The molecule has 0 saturated heterocycles. The molecular formula is C12H7Cl2F2N3O. The number of nitrogen functional groups attached to an aromatic ring is 1. The number of nitrogens with zero attached hydrogens (tertiary/aromatic N) is 1. The van der Waals surface area contributed by atoms with E-state index in [9.17, 15) is 13.6 Å². The first kappa shape index (κ1) is 14.5. The van der Waals surface area contributed by atoms with Crippen LogP contribution in [0.5, 0.6) is 0 Å². The van der Waals surface area contributed by atoms with Crippen molar-refractivity contribution < 1.29 is 13.6 Å². The van der Waals surface area contributed by atoms with E-state index in [1.54, 1.807) is 0 Å². The number of amides is 1. The summed E-state index contributed by atoms with van der Waals surface area (Å²) in [4.78, 5) is 15.7. The van der Waals surface area contributed by atoms with Gasteiger partial charge in [-0.05, 0) is 12.1 Å². The highest BCUT2D eigenvalue weighted by Gasteiger charge is 2.16. The van der Waals surface area contributed by atoms with Crippen LogP contribution in [0.25, 0.3) is 0 Å². The van der Waals surface area contributed by atoms with Crippen LogP contribution in [0.3, 0.4) is 0 Å². The number of carbonyl (C=O) groups excluding carboxylic acids is 1. The zero-order chi connectivity index (χ0) is 14.9. The van der Waals surface area contributed by atoms with Crippen LogP contribution in [0.2, 0.25) is 10.0 Å². The largest absolute Gasteiger partial charge is 0.384 e. The van der Waals surface area contributed by atoms with E-state index in [0.29, 0.717) is 6.07 Å². The zero-order valence-corrected chi connectivity index (χ0v) is 11.3. The molecule has 3 N–H and O–H groups in total. The molecule has 4 nitrogen and oxygen atoms in total. The average molecular weight is 318 g/mol. The highest BCUT2D eigenvalue weighted by Crippen LogP contribution is 2.27. The maximum absolute atomic E-state index is 13.6. The van der Waals surface area contributed by atoms with E-state index in [0.717, 1.165) is 6.07 Å². The number of anilines is 2. The van der Waals surface area contributed by atoms with Crippen molar-refractivity contribution in [3.8, 4) is 0 Å². The van der Waals surface area contributed by atoms with Gasteiger partial charge in [-0.15, -0.1) is 0 Å². The molecular weight excluding hydrogens is 311 g/mol. The summed E-state index contributed by atoms with van der Waals surface area (Å²) in [5.41, 5.74) is 5.09. The predicted molar refractivity (Wildman–Crippen MR) is 73.0 cm³/mol. The number of carbonyl (C=O) groups is 1. The standard InChI is InChI=1S/C12H7Cl2F2N3O/c13-7-1-5(15)2-9(16)11(7)19-12(20)6-3-10(17)18-4-8(6)14/h1-4H,(H2,17,18)(H,19,20). The number of nitrogens with one attached hydrogen (secondary N) is 1. The first-order valence-electron chi connectivity index (χ1n) is 5.25. The van der Waals surface area contributed by atoms with E-state index < -0.39 is 17.5 Å². The Hall–Kier alpha value is -1.92. The molecule has 0 saturated carbocycles. The zero-order valence-electron chi connectivity index (χ0n) is 9.75. The van der Waals surface area contributed by atoms with Crippen molar-refractivity contribution in [2.24, 2.45) is 0 Å². The van der Waals surface area contributed by atoms with Gasteiger partial charge in [-0.25, -0.2) is 13.8 Å². The lowest BCUT2D eigenvalue weighted by atomic mass is 10.2. The van der Waals surface area contributed by atoms with Gasteiger partial charge in [0.25, 0.3) is 5.91 Å². The van der Waals surface area contributed by atoms with Crippen LogP contribution in [0.15, 0.2) is 24.4 Å². The van der Waals surface area contributed by atoms with E-state index in [4.69, 9.17) is 28.9 Å². The third-order valence-electron chi connectivity index (χ3n) is 2.37. The predicted octanol–water partition coefficient (Wildman–Crippen LogP) is 3.50. The van der Waals surface area contributed by atoms with Gasteiger partial charge in [0.05, 0.1) is 21.3 Å². The lowest BCUT2D eigenvalue weighted by molar-refractivity contribution is 0.102. The Kier molecular flexibility index (Phi) is 4.06. The van der Waals surface area contributed by atoms with Crippen LogP contribution in [-0.4, -0.2) is 10.9 Å². The SMILES string of the molecule is Nc1cc(C(=O)Nc2c(F)cc(F)cc2Cl)c(Cl)cn1. The van der Waals surface area contributed by atoms with Crippen LogP contribution < -0.4 is 11.1 Å². The Morgan fingerprint density at radius 3 is 2.55 bits per heavy atom. The summed E-state index contributed by atoms with van der Waals surface area (Å²) in [7, 11) is 0. The Morgan fingerprint density at radius 2 is 1.90 bits per heavy atom. The second kappa shape index (κ2) is 5.60. The van der Waals surface area contributed by atoms with E-state index in [-0.39, 0.29) is 27.1 Å². The Morgan fingerprint density at radius 1 is 1.20 bits per heavy atom. The van der Waals surface area contributed by atoms with Gasteiger partial charge in [-0.1, -0.05) is 23.2 Å². The van der Waals surface area contributed by atoms with Crippen LogP contribution >= 0.6 is 23.2 Å². The highest BCUT2D eigenvalue weighted by atomic mass is 35.5. The number of aromatic nitrogens is 1. The Balaban J connectivity index is 2.35. The van der Waals surface area contributed by atoms with Gasteiger partial charge in [0.1, 0.15) is 11.6 Å². The van der Waals surface area contributed by atoms with Gasteiger partial charge in [-0.3, -0.25) is 4.79 Å². The summed E-state index contributed by atoms with van der Waals surface area (Å²) in [5, 5.41) is 1.98. The summed E-state index contributed by atoms with van der Waals surface area (Å²) < 4.78 is 26.5. The van der Waals surface area contributed by atoms with Crippen molar-refractivity contribution in [1.29, 1.82) is 0 Å². The topological polar surface area (TPSA) is 68.0 Å². The van der Waals surface area contributed by atoms with E-state index in [1.807, 2.05) is 0 Å². The van der Waals surface area contributed by atoms with Gasteiger partial charge >= 0.3 is 0 Å². The van der Waals surface area contributed by atoms with E-state index in [2.05, 4.69) is 10.3 Å². The van der Waals surface area contributed by atoms with Gasteiger partial charge in [0.15, 0.2) is 5.82 Å². The molecule has 0 spiro atoms. The van der Waals surface area contributed by atoms with Crippen molar-refractivity contribution >= 4 is 40.6 Å². The summed E-state index contributed by atoms with van der Waals surface area (Å²) in [6, 6.07) is 2.71. The van der Waals surface area contributed by atoms with Crippen LogP contribution in [0.4, 0.5) is 20.3 Å². The molecule has 0 unspecified atom stereocenters. The molecule has 1 heterocycles. The first-order valence-corrected chi connectivity index (χ1v) is 6.01. The molecule has 1 amide bonds. The second-order valence-electron chi connectivity index (χ2n) is 3.79. The molecule has 1 aromatic carbocycles. The molecule has 0 fully saturated rings. The maximum atomic E-state index is 13.6. The smallest absolute Gasteiger partial charge is 0.257 e. The molecule has 0 atom stereocenters. The van der Waals surface area contributed by atoms with Gasteiger partial charge < -0.3 is 11.1 Å². The maximum Gasteiger partial charge on any atom is 0.257 e. The fourth-order valence-electron chi connectivity index (χ4n) is 1.47. The highest BCUT2D eigenvalue weighted by molar-refractivity contribution is 6.36. The van der Waals surface area contributed by atoms with Crippen molar-refractivity contribution in [1.82, 2.24) is 4.98 Å². The lowest BCUT2D eigenvalue weighted by Crippen LogP contribution is -2.15. The molecule has 20 heavy (non-hydrogen) atoms. The summed E-state index contributed by atoms with van der Waals surface area (Å²) in [6.07, 6.45) is 1.19. The molecule has 2 rings (SSSR count). The monoisotopic (exact) mass is 317 g/mol. The van der Waals surface area contributed by atoms with Gasteiger partial charge in [-0.2, -0.15) is 0 Å². The second-order valence-corrected chi connectivity index (χ2v) is 4.60. The van der Waals surface area contributed by atoms with Crippen LogP contribution in [-0.2, 0) is 0 Å². The number of hydrogen-bond acceptors (Lipinski definition) is 3. The molecule has 8 heteroatoms. The number of halogens is 4. The third-order valence-corrected chi connectivity index (χ3v) is 2.97. The summed E-state index contributed by atoms with van der Waals surface area (Å²) >= 11 is 11.5. The molecule has 1 aromatic heterocycles. The number of benzene rings is 1. The molecule has 0 bridgehead atoms. The molecule has 0 aliphatic heterocycles. The molecule has 2 aromatic rings.